The molecule has 0 aliphatic carbocycles. The molecule has 1 aromatic carbocycles. The number of hydrogen-bond acceptors (Lipinski definition) is 4. The monoisotopic (exact) mass is 314 g/mol. The summed E-state index contributed by atoms with van der Waals surface area (Å²) in [6.07, 6.45) is 0. The van der Waals surface area contributed by atoms with Gasteiger partial charge in [0.05, 0.1) is 5.69 Å². The highest BCUT2D eigenvalue weighted by atomic mass is 16.2. The minimum absolute atomic E-state index is 0.166. The molecule has 1 atom stereocenters. The van der Waals surface area contributed by atoms with E-state index < -0.39 is 6.04 Å². The Labute approximate surface area is 133 Å². The minimum atomic E-state index is -0.738. The van der Waals surface area contributed by atoms with E-state index in [-0.39, 0.29) is 17.4 Å². The maximum atomic E-state index is 12.3. The lowest BCUT2D eigenvalue weighted by Crippen LogP contribution is -2.33. The summed E-state index contributed by atoms with van der Waals surface area (Å²) in [4.78, 5) is 35.0. The van der Waals surface area contributed by atoms with Crippen LogP contribution >= 0.6 is 0 Å². The third-order valence-corrected chi connectivity index (χ3v) is 3.18. The van der Waals surface area contributed by atoms with Crippen LogP contribution in [0, 0.1) is 6.92 Å². The lowest BCUT2D eigenvalue weighted by molar-refractivity contribution is -0.119. The van der Waals surface area contributed by atoms with Crippen LogP contribution in [0.3, 0.4) is 0 Å². The summed E-state index contributed by atoms with van der Waals surface area (Å²) in [5.74, 6) is -0.516. The lowest BCUT2D eigenvalue weighted by atomic mass is 10.2. The highest BCUT2D eigenvalue weighted by Crippen LogP contribution is 2.15. The van der Waals surface area contributed by atoms with Crippen LogP contribution in [0.5, 0.6) is 0 Å². The summed E-state index contributed by atoms with van der Waals surface area (Å²) >= 11 is 0. The van der Waals surface area contributed by atoms with Crippen molar-refractivity contribution in [1.29, 1.82) is 0 Å². The molecule has 0 saturated carbocycles. The Hall–Kier alpha value is -2.96. The Bertz CT molecular complexity index is 781. The Kier molecular flexibility index (Phi) is 4.90. The number of hydrogen-bond donors (Lipinski definition) is 2. The molecule has 0 aliphatic rings. The van der Waals surface area contributed by atoms with Crippen LogP contribution in [0.15, 0.2) is 41.2 Å². The van der Waals surface area contributed by atoms with Gasteiger partial charge in [0, 0.05) is 24.4 Å². The van der Waals surface area contributed by atoms with Crippen LogP contribution in [0.1, 0.15) is 25.6 Å². The second-order valence-corrected chi connectivity index (χ2v) is 5.18. The van der Waals surface area contributed by atoms with Crippen LogP contribution in [0.25, 0.3) is 0 Å². The molecule has 2 amide bonds. The van der Waals surface area contributed by atoms with E-state index in [1.165, 1.54) is 13.0 Å². The molecule has 2 aromatic rings. The van der Waals surface area contributed by atoms with Crippen LogP contribution in [-0.4, -0.2) is 21.6 Å². The Balaban J connectivity index is 2.10. The number of carbonyl (C=O) groups excluding carboxylic acids is 2. The van der Waals surface area contributed by atoms with Crippen LogP contribution in [-0.2, 0) is 9.59 Å². The first kappa shape index (κ1) is 16.4. The summed E-state index contributed by atoms with van der Waals surface area (Å²) < 4.78 is 1.15. The predicted molar refractivity (Wildman–Crippen MR) is 87.3 cm³/mol. The van der Waals surface area contributed by atoms with Crippen molar-refractivity contribution in [3.05, 3.63) is 52.4 Å². The molecule has 7 heteroatoms. The molecule has 0 spiro atoms. The molecule has 0 aliphatic heterocycles. The van der Waals surface area contributed by atoms with E-state index in [2.05, 4.69) is 15.7 Å². The van der Waals surface area contributed by atoms with Gasteiger partial charge in [-0.25, -0.2) is 4.68 Å². The van der Waals surface area contributed by atoms with Gasteiger partial charge in [-0.1, -0.05) is 0 Å². The Morgan fingerprint density at radius 2 is 1.61 bits per heavy atom. The average molecular weight is 314 g/mol. The maximum Gasteiger partial charge on any atom is 0.267 e. The van der Waals surface area contributed by atoms with Crippen molar-refractivity contribution in [1.82, 2.24) is 9.78 Å². The number of benzene rings is 1. The fraction of sp³-hybridized carbons (Fsp3) is 0.250. The number of rotatable bonds is 4. The van der Waals surface area contributed by atoms with Gasteiger partial charge < -0.3 is 10.6 Å². The standard InChI is InChI=1S/C16H18N4O3/c1-10-4-9-15(22)20(19-10)11(2)16(23)18-14-7-5-13(6-8-14)17-12(3)21/h4-9,11H,1-3H3,(H,17,21)(H,18,23). The van der Waals surface area contributed by atoms with E-state index in [0.717, 1.165) is 4.68 Å². The quantitative estimate of drug-likeness (QED) is 0.898. The molecule has 23 heavy (non-hydrogen) atoms. The molecule has 0 bridgehead atoms. The topological polar surface area (TPSA) is 93.1 Å². The van der Waals surface area contributed by atoms with Crippen LogP contribution < -0.4 is 16.2 Å². The van der Waals surface area contributed by atoms with Gasteiger partial charge in [0.25, 0.3) is 5.56 Å². The summed E-state index contributed by atoms with van der Waals surface area (Å²) in [6.45, 7) is 4.78. The smallest absolute Gasteiger partial charge is 0.267 e. The molecule has 2 N–H and O–H groups in total. The van der Waals surface area contributed by atoms with Crippen molar-refractivity contribution in [3.63, 3.8) is 0 Å². The minimum Gasteiger partial charge on any atom is -0.326 e. The summed E-state index contributed by atoms with van der Waals surface area (Å²) in [5.41, 5.74) is 1.53. The molecule has 1 aromatic heterocycles. The average Bonchev–Trinajstić information content (AvgIpc) is 2.50. The second kappa shape index (κ2) is 6.87. The van der Waals surface area contributed by atoms with Crippen molar-refractivity contribution in [3.8, 4) is 0 Å². The van der Waals surface area contributed by atoms with Crippen molar-refractivity contribution in [2.75, 3.05) is 10.6 Å². The van der Waals surface area contributed by atoms with E-state index in [0.29, 0.717) is 17.1 Å². The number of nitrogens with one attached hydrogen (secondary N) is 2. The second-order valence-electron chi connectivity index (χ2n) is 5.18. The fourth-order valence-electron chi connectivity index (χ4n) is 2.00. The first-order valence-corrected chi connectivity index (χ1v) is 7.12. The van der Waals surface area contributed by atoms with E-state index in [1.54, 1.807) is 44.2 Å². The largest absolute Gasteiger partial charge is 0.326 e. The van der Waals surface area contributed by atoms with Gasteiger partial charge in [0.1, 0.15) is 6.04 Å². The van der Waals surface area contributed by atoms with Crippen molar-refractivity contribution >= 4 is 23.2 Å². The lowest BCUT2D eigenvalue weighted by Gasteiger charge is -2.14. The number of anilines is 2. The number of nitrogens with zero attached hydrogens (tertiary/aromatic N) is 2. The molecular weight excluding hydrogens is 296 g/mol. The summed E-state index contributed by atoms with van der Waals surface area (Å²) in [6, 6.07) is 8.94. The van der Waals surface area contributed by atoms with Crippen LogP contribution in [0.4, 0.5) is 11.4 Å². The Morgan fingerprint density at radius 3 is 2.17 bits per heavy atom. The fourth-order valence-corrected chi connectivity index (χ4v) is 2.00. The normalized spacial score (nSPS) is 11.6. The maximum absolute atomic E-state index is 12.3. The molecule has 2 rings (SSSR count). The summed E-state index contributed by atoms with van der Waals surface area (Å²) in [5, 5.41) is 9.43. The molecule has 0 radical (unpaired) electrons. The predicted octanol–water partition coefficient (Wildman–Crippen LogP) is 1.71. The first-order chi connectivity index (χ1) is 10.9. The molecule has 7 nitrogen and oxygen atoms in total. The van der Waals surface area contributed by atoms with E-state index >= 15 is 0 Å². The van der Waals surface area contributed by atoms with E-state index in [9.17, 15) is 14.4 Å². The molecular formula is C16H18N4O3. The number of carbonyl (C=O) groups is 2. The zero-order chi connectivity index (χ0) is 17.0. The van der Waals surface area contributed by atoms with Crippen molar-refractivity contribution < 1.29 is 9.59 Å². The number of aromatic nitrogens is 2. The molecule has 1 heterocycles. The molecule has 0 fully saturated rings. The first-order valence-electron chi connectivity index (χ1n) is 7.12. The van der Waals surface area contributed by atoms with Gasteiger partial charge >= 0.3 is 0 Å². The number of aryl methyl sites for hydroxylation is 1. The molecule has 120 valence electrons. The highest BCUT2D eigenvalue weighted by Gasteiger charge is 2.17. The molecule has 0 saturated heterocycles. The third kappa shape index (κ3) is 4.26. The van der Waals surface area contributed by atoms with Crippen LogP contribution in [0.2, 0.25) is 0 Å². The zero-order valence-corrected chi connectivity index (χ0v) is 13.2. The van der Waals surface area contributed by atoms with Gasteiger partial charge in [-0.15, -0.1) is 0 Å². The Morgan fingerprint density at radius 1 is 1.04 bits per heavy atom. The van der Waals surface area contributed by atoms with Gasteiger partial charge in [-0.3, -0.25) is 14.4 Å². The van der Waals surface area contributed by atoms with Gasteiger partial charge in [-0.05, 0) is 44.2 Å². The van der Waals surface area contributed by atoms with Crippen molar-refractivity contribution in [2.24, 2.45) is 0 Å². The third-order valence-electron chi connectivity index (χ3n) is 3.18. The van der Waals surface area contributed by atoms with Gasteiger partial charge in [0.2, 0.25) is 11.8 Å². The van der Waals surface area contributed by atoms with Gasteiger partial charge in [-0.2, -0.15) is 5.10 Å². The van der Waals surface area contributed by atoms with Crippen molar-refractivity contribution in [2.45, 2.75) is 26.8 Å². The summed E-state index contributed by atoms with van der Waals surface area (Å²) in [7, 11) is 0. The van der Waals surface area contributed by atoms with E-state index in [1.807, 2.05) is 0 Å². The highest BCUT2D eigenvalue weighted by molar-refractivity contribution is 5.94. The van der Waals surface area contributed by atoms with E-state index in [4.69, 9.17) is 0 Å². The SMILES string of the molecule is CC(=O)Nc1ccc(NC(=O)C(C)n2nc(C)ccc2=O)cc1. The van der Waals surface area contributed by atoms with Gasteiger partial charge in [0.15, 0.2) is 0 Å². The zero-order valence-electron chi connectivity index (χ0n) is 13.2. The molecule has 1 unspecified atom stereocenters. The number of amides is 2.